The van der Waals surface area contributed by atoms with Gasteiger partial charge in [-0.1, -0.05) is 13.3 Å². The largest absolute Gasteiger partial charge is 0.497 e. The molecule has 1 N–H and O–H groups in total. The van der Waals surface area contributed by atoms with Crippen molar-refractivity contribution in [3.05, 3.63) is 53.6 Å². The lowest BCUT2D eigenvalue weighted by Crippen LogP contribution is -2.32. The average Bonchev–Trinajstić information content (AvgIpc) is 2.68. The summed E-state index contributed by atoms with van der Waals surface area (Å²) >= 11 is 0. The molecule has 1 amide bonds. The van der Waals surface area contributed by atoms with E-state index < -0.39 is 0 Å². The number of amides is 1. The molecule has 0 aliphatic rings. The van der Waals surface area contributed by atoms with Crippen LogP contribution in [-0.4, -0.2) is 25.7 Å². The second kappa shape index (κ2) is 10.5. The Bertz CT molecular complexity index is 728. The Morgan fingerprint density at radius 3 is 2.37 bits per heavy atom. The fourth-order valence-corrected chi connectivity index (χ4v) is 2.78. The standard InChI is InChI=1S/C22H29NO4/c1-5-7-16(3)23-22(24)17-8-13-21(26-6-2)18(14-17)15-27-20-11-9-19(25-4)10-12-20/h8-14,16H,5-7,15H2,1-4H3,(H,23,24)/t16-/m0/s1. The first-order chi connectivity index (χ1) is 13.1. The van der Waals surface area contributed by atoms with Gasteiger partial charge in [-0.25, -0.2) is 0 Å². The molecule has 146 valence electrons. The van der Waals surface area contributed by atoms with Crippen molar-refractivity contribution in [2.24, 2.45) is 0 Å². The molecule has 0 fully saturated rings. The van der Waals surface area contributed by atoms with Crippen LogP contribution in [0.1, 0.15) is 49.5 Å². The highest BCUT2D eigenvalue weighted by Crippen LogP contribution is 2.24. The molecule has 0 aromatic heterocycles. The fourth-order valence-electron chi connectivity index (χ4n) is 2.78. The highest BCUT2D eigenvalue weighted by Gasteiger charge is 2.13. The predicted molar refractivity (Wildman–Crippen MR) is 107 cm³/mol. The number of methoxy groups -OCH3 is 1. The summed E-state index contributed by atoms with van der Waals surface area (Å²) in [6, 6.07) is 13.0. The summed E-state index contributed by atoms with van der Waals surface area (Å²) in [4.78, 5) is 12.5. The number of hydrogen-bond acceptors (Lipinski definition) is 4. The minimum atomic E-state index is -0.0790. The van der Waals surface area contributed by atoms with Gasteiger partial charge in [-0.2, -0.15) is 0 Å². The van der Waals surface area contributed by atoms with Crippen LogP contribution in [0.25, 0.3) is 0 Å². The highest BCUT2D eigenvalue weighted by molar-refractivity contribution is 5.94. The Hall–Kier alpha value is -2.69. The average molecular weight is 371 g/mol. The first-order valence-electron chi connectivity index (χ1n) is 9.40. The van der Waals surface area contributed by atoms with E-state index in [4.69, 9.17) is 14.2 Å². The molecule has 2 aromatic rings. The van der Waals surface area contributed by atoms with Crippen LogP contribution in [0.2, 0.25) is 0 Å². The zero-order valence-electron chi connectivity index (χ0n) is 16.6. The number of nitrogens with one attached hydrogen (secondary N) is 1. The third-order valence-corrected chi connectivity index (χ3v) is 4.18. The van der Waals surface area contributed by atoms with E-state index in [0.717, 1.165) is 35.7 Å². The van der Waals surface area contributed by atoms with Gasteiger partial charge in [-0.05, 0) is 62.7 Å². The maximum atomic E-state index is 12.5. The Kier molecular flexibility index (Phi) is 7.99. The second-order valence-electron chi connectivity index (χ2n) is 6.38. The smallest absolute Gasteiger partial charge is 0.251 e. The lowest BCUT2D eigenvalue weighted by Gasteiger charge is -2.15. The molecule has 0 bridgehead atoms. The van der Waals surface area contributed by atoms with E-state index in [2.05, 4.69) is 12.2 Å². The van der Waals surface area contributed by atoms with Crippen molar-refractivity contribution in [3.8, 4) is 17.2 Å². The summed E-state index contributed by atoms with van der Waals surface area (Å²) in [7, 11) is 1.63. The minimum absolute atomic E-state index is 0.0790. The van der Waals surface area contributed by atoms with E-state index in [-0.39, 0.29) is 11.9 Å². The Morgan fingerprint density at radius 1 is 1.04 bits per heavy atom. The van der Waals surface area contributed by atoms with E-state index in [0.29, 0.717) is 18.8 Å². The van der Waals surface area contributed by atoms with Gasteiger partial charge in [0.15, 0.2) is 0 Å². The van der Waals surface area contributed by atoms with Gasteiger partial charge in [-0.3, -0.25) is 4.79 Å². The molecule has 2 rings (SSSR count). The monoisotopic (exact) mass is 371 g/mol. The summed E-state index contributed by atoms with van der Waals surface area (Å²) in [6.45, 7) is 6.92. The quantitative estimate of drug-likeness (QED) is 0.664. The van der Waals surface area contributed by atoms with Crippen molar-refractivity contribution in [2.45, 2.75) is 46.3 Å². The van der Waals surface area contributed by atoms with Gasteiger partial charge in [0.25, 0.3) is 5.91 Å². The molecular weight excluding hydrogens is 342 g/mol. The Labute approximate surface area is 161 Å². The van der Waals surface area contributed by atoms with Crippen molar-refractivity contribution in [1.29, 1.82) is 0 Å². The number of hydrogen-bond donors (Lipinski definition) is 1. The van der Waals surface area contributed by atoms with Crippen LogP contribution in [0.4, 0.5) is 0 Å². The fraction of sp³-hybridized carbons (Fsp3) is 0.409. The molecule has 0 aliphatic carbocycles. The maximum absolute atomic E-state index is 12.5. The molecule has 27 heavy (non-hydrogen) atoms. The van der Waals surface area contributed by atoms with Gasteiger partial charge < -0.3 is 19.5 Å². The van der Waals surface area contributed by atoms with Crippen molar-refractivity contribution >= 4 is 5.91 Å². The van der Waals surface area contributed by atoms with Gasteiger partial charge in [0.05, 0.1) is 13.7 Å². The maximum Gasteiger partial charge on any atom is 0.251 e. The molecule has 0 unspecified atom stereocenters. The van der Waals surface area contributed by atoms with Gasteiger partial charge >= 0.3 is 0 Å². The number of carbonyl (C=O) groups is 1. The van der Waals surface area contributed by atoms with E-state index in [1.807, 2.05) is 50.2 Å². The highest BCUT2D eigenvalue weighted by atomic mass is 16.5. The van der Waals surface area contributed by atoms with Crippen LogP contribution in [0.5, 0.6) is 17.2 Å². The van der Waals surface area contributed by atoms with Crippen molar-refractivity contribution in [2.75, 3.05) is 13.7 Å². The topological polar surface area (TPSA) is 56.8 Å². The third kappa shape index (κ3) is 6.20. The molecule has 0 saturated carbocycles. The summed E-state index contributed by atoms with van der Waals surface area (Å²) in [5, 5.41) is 3.03. The minimum Gasteiger partial charge on any atom is -0.497 e. The van der Waals surface area contributed by atoms with Crippen LogP contribution in [0.15, 0.2) is 42.5 Å². The first kappa shape index (κ1) is 20.6. The SMILES string of the molecule is CCC[C@H](C)NC(=O)c1ccc(OCC)c(COc2ccc(OC)cc2)c1. The van der Waals surface area contributed by atoms with Crippen molar-refractivity contribution in [1.82, 2.24) is 5.32 Å². The Balaban J connectivity index is 2.12. The van der Waals surface area contributed by atoms with Gasteiger partial charge in [0, 0.05) is 17.2 Å². The van der Waals surface area contributed by atoms with Gasteiger partial charge in [0.2, 0.25) is 0 Å². The van der Waals surface area contributed by atoms with E-state index in [1.54, 1.807) is 13.2 Å². The number of carbonyl (C=O) groups excluding carboxylic acids is 1. The molecule has 0 aliphatic heterocycles. The van der Waals surface area contributed by atoms with Crippen LogP contribution >= 0.6 is 0 Å². The summed E-state index contributed by atoms with van der Waals surface area (Å²) in [5.41, 5.74) is 1.44. The summed E-state index contributed by atoms with van der Waals surface area (Å²) in [6.07, 6.45) is 1.99. The van der Waals surface area contributed by atoms with Crippen molar-refractivity contribution in [3.63, 3.8) is 0 Å². The Morgan fingerprint density at radius 2 is 1.74 bits per heavy atom. The first-order valence-corrected chi connectivity index (χ1v) is 9.40. The second-order valence-corrected chi connectivity index (χ2v) is 6.38. The van der Waals surface area contributed by atoms with Gasteiger partial charge in [0.1, 0.15) is 23.9 Å². The number of benzene rings is 2. The number of ether oxygens (including phenoxy) is 3. The lowest BCUT2D eigenvalue weighted by molar-refractivity contribution is 0.0938. The molecule has 5 nitrogen and oxygen atoms in total. The van der Waals surface area contributed by atoms with Crippen LogP contribution in [-0.2, 0) is 6.61 Å². The van der Waals surface area contributed by atoms with E-state index in [9.17, 15) is 4.79 Å². The molecule has 0 heterocycles. The van der Waals surface area contributed by atoms with Crippen LogP contribution < -0.4 is 19.5 Å². The predicted octanol–water partition coefficient (Wildman–Crippen LogP) is 4.59. The molecule has 1 atom stereocenters. The zero-order chi connectivity index (χ0) is 19.6. The van der Waals surface area contributed by atoms with E-state index in [1.165, 1.54) is 0 Å². The van der Waals surface area contributed by atoms with E-state index >= 15 is 0 Å². The van der Waals surface area contributed by atoms with Gasteiger partial charge in [-0.15, -0.1) is 0 Å². The molecule has 2 aromatic carbocycles. The molecular formula is C22H29NO4. The molecule has 5 heteroatoms. The van der Waals surface area contributed by atoms with Crippen LogP contribution in [0, 0.1) is 0 Å². The molecule has 0 radical (unpaired) electrons. The summed E-state index contributed by atoms with van der Waals surface area (Å²) in [5.74, 6) is 2.15. The normalized spacial score (nSPS) is 11.6. The molecule has 0 saturated heterocycles. The molecule has 0 spiro atoms. The zero-order valence-corrected chi connectivity index (χ0v) is 16.6. The third-order valence-electron chi connectivity index (χ3n) is 4.18. The van der Waals surface area contributed by atoms with Crippen molar-refractivity contribution < 1.29 is 19.0 Å². The number of rotatable bonds is 10. The lowest BCUT2D eigenvalue weighted by atomic mass is 10.1. The summed E-state index contributed by atoms with van der Waals surface area (Å²) < 4.78 is 16.7. The van der Waals surface area contributed by atoms with Crippen LogP contribution in [0.3, 0.4) is 0 Å².